The molecule has 0 saturated heterocycles. The van der Waals surface area contributed by atoms with E-state index >= 15 is 0 Å². The molecule has 0 aliphatic heterocycles. The number of unbranched alkanes of at least 4 members (excludes halogenated alkanes) is 1. The van der Waals surface area contributed by atoms with Gasteiger partial charge in [0.1, 0.15) is 6.17 Å². The molecule has 0 unspecified atom stereocenters. The van der Waals surface area contributed by atoms with Crippen LogP contribution in [0.3, 0.4) is 0 Å². The summed E-state index contributed by atoms with van der Waals surface area (Å²) in [5.41, 5.74) is 10.2. The highest BCUT2D eigenvalue weighted by Gasteiger charge is 2.05. The van der Waals surface area contributed by atoms with Crippen LogP contribution in [0.2, 0.25) is 0 Å². The van der Waals surface area contributed by atoms with E-state index < -0.39 is 6.17 Å². The summed E-state index contributed by atoms with van der Waals surface area (Å²) in [7, 11) is 0. The van der Waals surface area contributed by atoms with Crippen LogP contribution >= 0.6 is 0 Å². The molecule has 0 amide bonds. The van der Waals surface area contributed by atoms with Crippen molar-refractivity contribution >= 4 is 5.78 Å². The Morgan fingerprint density at radius 3 is 2.44 bits per heavy atom. The molecule has 0 aromatic carbocycles. The number of carbonyl (C=O) groups is 1. The highest BCUT2D eigenvalue weighted by Crippen LogP contribution is 1.94. The number of rotatable bonds is 4. The molecule has 0 radical (unpaired) electrons. The molecule has 0 aliphatic carbocycles. The zero-order valence-corrected chi connectivity index (χ0v) is 5.76. The van der Waals surface area contributed by atoms with E-state index in [4.69, 9.17) is 11.5 Å². The number of hydrogen-bond acceptors (Lipinski definition) is 3. The SMILES string of the molecule is CCCCC(=O)C(N)N. The molecule has 9 heavy (non-hydrogen) atoms. The zero-order chi connectivity index (χ0) is 7.28. The number of hydrogen-bond donors (Lipinski definition) is 2. The van der Waals surface area contributed by atoms with E-state index in [-0.39, 0.29) is 5.78 Å². The summed E-state index contributed by atoms with van der Waals surface area (Å²) in [6, 6.07) is 0. The van der Waals surface area contributed by atoms with E-state index in [0.29, 0.717) is 6.42 Å². The summed E-state index contributed by atoms with van der Waals surface area (Å²) in [5, 5.41) is 0. The normalized spacial score (nSPS) is 10.2. The van der Waals surface area contributed by atoms with Crippen molar-refractivity contribution in [1.29, 1.82) is 0 Å². The van der Waals surface area contributed by atoms with Crippen molar-refractivity contribution in [3.8, 4) is 0 Å². The van der Waals surface area contributed by atoms with Crippen LogP contribution in [0.25, 0.3) is 0 Å². The molecule has 54 valence electrons. The fourth-order valence-electron chi connectivity index (χ4n) is 0.518. The van der Waals surface area contributed by atoms with Crippen LogP contribution < -0.4 is 11.5 Å². The Morgan fingerprint density at radius 2 is 2.11 bits per heavy atom. The lowest BCUT2D eigenvalue weighted by Gasteiger charge is -2.01. The molecule has 0 aromatic heterocycles. The number of carbonyl (C=O) groups excluding carboxylic acids is 1. The molecule has 0 atom stereocenters. The van der Waals surface area contributed by atoms with Crippen LogP contribution in [-0.4, -0.2) is 11.9 Å². The first-order valence-electron chi connectivity index (χ1n) is 3.22. The van der Waals surface area contributed by atoms with Gasteiger partial charge in [0, 0.05) is 6.42 Å². The van der Waals surface area contributed by atoms with Crippen LogP contribution in [0.5, 0.6) is 0 Å². The van der Waals surface area contributed by atoms with Crippen molar-refractivity contribution in [3.05, 3.63) is 0 Å². The van der Waals surface area contributed by atoms with Crippen LogP contribution in [0.15, 0.2) is 0 Å². The fourth-order valence-corrected chi connectivity index (χ4v) is 0.518. The van der Waals surface area contributed by atoms with Gasteiger partial charge in [-0.15, -0.1) is 0 Å². The largest absolute Gasteiger partial charge is 0.310 e. The first-order valence-corrected chi connectivity index (χ1v) is 3.22. The molecule has 0 bridgehead atoms. The van der Waals surface area contributed by atoms with Gasteiger partial charge < -0.3 is 11.5 Å². The molecule has 0 aliphatic rings. The lowest BCUT2D eigenvalue weighted by atomic mass is 10.1. The maximum absolute atomic E-state index is 10.7. The quantitative estimate of drug-likeness (QED) is 0.526. The average molecular weight is 130 g/mol. The first kappa shape index (κ1) is 8.59. The third kappa shape index (κ3) is 4.12. The second-order valence-corrected chi connectivity index (χ2v) is 2.10. The summed E-state index contributed by atoms with van der Waals surface area (Å²) in [6.45, 7) is 2.02. The maximum atomic E-state index is 10.7. The number of ketones is 1. The van der Waals surface area contributed by atoms with Gasteiger partial charge in [-0.2, -0.15) is 0 Å². The van der Waals surface area contributed by atoms with Crippen LogP contribution in [-0.2, 0) is 4.79 Å². The Morgan fingerprint density at radius 1 is 1.56 bits per heavy atom. The van der Waals surface area contributed by atoms with Gasteiger partial charge >= 0.3 is 0 Å². The van der Waals surface area contributed by atoms with E-state index in [0.717, 1.165) is 12.8 Å². The molecule has 0 aromatic rings. The van der Waals surface area contributed by atoms with Gasteiger partial charge in [0.2, 0.25) is 0 Å². The monoisotopic (exact) mass is 130 g/mol. The van der Waals surface area contributed by atoms with Crippen LogP contribution in [0.1, 0.15) is 26.2 Å². The van der Waals surface area contributed by atoms with E-state index in [1.807, 2.05) is 6.92 Å². The van der Waals surface area contributed by atoms with Gasteiger partial charge in [-0.25, -0.2) is 0 Å². The topological polar surface area (TPSA) is 69.1 Å². The molecule has 0 rings (SSSR count). The van der Waals surface area contributed by atoms with Gasteiger partial charge in [0.15, 0.2) is 5.78 Å². The number of Topliss-reactive ketones (excluding diaryl/α,β-unsaturated/α-hetero) is 1. The Labute approximate surface area is 55.4 Å². The Hall–Kier alpha value is -0.410. The second kappa shape index (κ2) is 4.47. The molecular formula is C6H14N2O. The summed E-state index contributed by atoms with van der Waals surface area (Å²) < 4.78 is 0. The minimum absolute atomic E-state index is 0.0446. The lowest BCUT2D eigenvalue weighted by molar-refractivity contribution is -0.120. The number of nitrogens with two attached hydrogens (primary N) is 2. The smallest absolute Gasteiger partial charge is 0.163 e. The molecule has 0 fully saturated rings. The second-order valence-electron chi connectivity index (χ2n) is 2.10. The van der Waals surface area contributed by atoms with Gasteiger partial charge in [-0.05, 0) is 6.42 Å². The van der Waals surface area contributed by atoms with Crippen molar-refractivity contribution in [2.24, 2.45) is 11.5 Å². The van der Waals surface area contributed by atoms with Gasteiger partial charge in [0.05, 0.1) is 0 Å². The molecule has 0 heterocycles. The third-order valence-corrected chi connectivity index (χ3v) is 1.15. The Bertz CT molecular complexity index is 91.1. The summed E-state index contributed by atoms with van der Waals surface area (Å²) in [4.78, 5) is 10.7. The van der Waals surface area contributed by atoms with Crippen molar-refractivity contribution in [2.45, 2.75) is 32.4 Å². The predicted octanol–water partition coefficient (Wildman–Crippen LogP) is -0.0108. The van der Waals surface area contributed by atoms with Gasteiger partial charge in [-0.3, -0.25) is 4.79 Å². The van der Waals surface area contributed by atoms with E-state index in [2.05, 4.69) is 0 Å². The maximum Gasteiger partial charge on any atom is 0.163 e. The molecule has 3 nitrogen and oxygen atoms in total. The molecule has 0 saturated carbocycles. The highest BCUT2D eigenvalue weighted by atomic mass is 16.1. The van der Waals surface area contributed by atoms with Gasteiger partial charge in [-0.1, -0.05) is 13.3 Å². The minimum atomic E-state index is -0.767. The molecule has 4 N–H and O–H groups in total. The molecule has 3 heteroatoms. The molecular weight excluding hydrogens is 116 g/mol. The predicted molar refractivity (Wildman–Crippen MR) is 36.7 cm³/mol. The van der Waals surface area contributed by atoms with Crippen molar-refractivity contribution in [3.63, 3.8) is 0 Å². The van der Waals surface area contributed by atoms with E-state index in [1.165, 1.54) is 0 Å². The Balaban J connectivity index is 3.28. The molecule has 0 spiro atoms. The summed E-state index contributed by atoms with van der Waals surface area (Å²) in [5.74, 6) is -0.0446. The summed E-state index contributed by atoms with van der Waals surface area (Å²) >= 11 is 0. The minimum Gasteiger partial charge on any atom is -0.310 e. The van der Waals surface area contributed by atoms with Gasteiger partial charge in [0.25, 0.3) is 0 Å². The van der Waals surface area contributed by atoms with Crippen molar-refractivity contribution in [2.75, 3.05) is 0 Å². The van der Waals surface area contributed by atoms with E-state index in [1.54, 1.807) is 0 Å². The lowest BCUT2D eigenvalue weighted by Crippen LogP contribution is -2.38. The standard InChI is InChI=1S/C6H14N2O/c1-2-3-4-5(9)6(7)8/h6H,2-4,7-8H2,1H3. The van der Waals surface area contributed by atoms with E-state index in [9.17, 15) is 4.79 Å². The Kier molecular flexibility index (Phi) is 4.26. The zero-order valence-electron chi connectivity index (χ0n) is 5.76. The first-order chi connectivity index (χ1) is 4.18. The summed E-state index contributed by atoms with van der Waals surface area (Å²) in [6.07, 6.45) is 1.66. The van der Waals surface area contributed by atoms with Crippen LogP contribution in [0, 0.1) is 0 Å². The average Bonchev–Trinajstić information content (AvgIpc) is 1.82. The highest BCUT2D eigenvalue weighted by molar-refractivity contribution is 5.82. The fraction of sp³-hybridized carbons (Fsp3) is 0.833. The van der Waals surface area contributed by atoms with Crippen molar-refractivity contribution < 1.29 is 4.79 Å². The van der Waals surface area contributed by atoms with Crippen LogP contribution in [0.4, 0.5) is 0 Å². The van der Waals surface area contributed by atoms with Crippen molar-refractivity contribution in [1.82, 2.24) is 0 Å². The third-order valence-electron chi connectivity index (χ3n) is 1.15.